The number of methoxy groups -OCH3 is 1. The minimum Gasteiger partial charge on any atom is -1.00 e. The van der Waals surface area contributed by atoms with Crippen LogP contribution in [0.3, 0.4) is 0 Å². The van der Waals surface area contributed by atoms with E-state index in [9.17, 15) is 14.7 Å². The van der Waals surface area contributed by atoms with Crippen molar-refractivity contribution >= 4 is 23.8 Å². The van der Waals surface area contributed by atoms with Gasteiger partial charge in [-0.25, -0.2) is 0 Å². The molecule has 0 bridgehead atoms. The van der Waals surface area contributed by atoms with Gasteiger partial charge in [0, 0.05) is 12.6 Å². The summed E-state index contributed by atoms with van der Waals surface area (Å²) in [6.07, 6.45) is 10.6. The lowest BCUT2D eigenvalue weighted by molar-refractivity contribution is -0.882. The van der Waals surface area contributed by atoms with E-state index in [0.29, 0.717) is 28.9 Å². The van der Waals surface area contributed by atoms with E-state index < -0.39 is 5.60 Å². The van der Waals surface area contributed by atoms with E-state index in [2.05, 4.69) is 26.3 Å². The molecular weight excluding hydrogens is 600 g/mol. The van der Waals surface area contributed by atoms with Crippen molar-refractivity contribution in [3.63, 3.8) is 0 Å². The number of halogens is 1. The monoisotopic (exact) mass is 644 g/mol. The number of aromatic hydroxyl groups is 1. The molecule has 3 rings (SSSR count). The van der Waals surface area contributed by atoms with Gasteiger partial charge in [0.05, 0.1) is 39.9 Å². The third kappa shape index (κ3) is 10.2. The minimum absolute atomic E-state index is 0. The second-order valence-corrected chi connectivity index (χ2v) is 11.6. The number of phenols is 1. The number of benzene rings is 2. The Balaban J connectivity index is 0.00000616. The summed E-state index contributed by atoms with van der Waals surface area (Å²) in [6, 6.07) is 9.12. The quantitative estimate of drug-likeness (QED) is 0.134. The summed E-state index contributed by atoms with van der Waals surface area (Å²) in [6.45, 7) is 8.64. The number of unbranched alkanes of at least 4 members (excludes halogenated alkanes) is 2. The van der Waals surface area contributed by atoms with Crippen LogP contribution in [-0.4, -0.2) is 74.3 Å². The van der Waals surface area contributed by atoms with Gasteiger partial charge in [0.2, 0.25) is 0 Å². The minimum atomic E-state index is -0.519. The van der Waals surface area contributed by atoms with Crippen molar-refractivity contribution in [1.29, 1.82) is 0 Å². The van der Waals surface area contributed by atoms with Gasteiger partial charge in [-0.3, -0.25) is 9.59 Å². The SMILES string of the molecule is CCCCNC(=O)C[N+](C)(C)CCCCOc1ccc(/C=C/C(=O)c2c(OC)cc3c(c2O)C=CC(C)(C)O3)cc1.[Br-]. The van der Waals surface area contributed by atoms with Gasteiger partial charge >= 0.3 is 0 Å². The molecule has 0 unspecified atom stereocenters. The molecule has 9 heteroatoms. The number of phenolic OH excluding ortho intramolecular Hbond substituents is 1. The van der Waals surface area contributed by atoms with Gasteiger partial charge in [-0.2, -0.15) is 0 Å². The van der Waals surface area contributed by atoms with Crippen LogP contribution in [0.25, 0.3) is 12.2 Å². The maximum absolute atomic E-state index is 13.1. The molecule has 0 spiro atoms. The Morgan fingerprint density at radius 2 is 1.83 bits per heavy atom. The highest BCUT2D eigenvalue weighted by Gasteiger charge is 2.28. The van der Waals surface area contributed by atoms with Crippen molar-refractivity contribution in [2.45, 2.75) is 52.1 Å². The van der Waals surface area contributed by atoms with Crippen molar-refractivity contribution < 1.29 is 50.4 Å². The van der Waals surface area contributed by atoms with E-state index in [1.54, 1.807) is 18.2 Å². The number of likely N-dealkylation sites (N-methyl/N-ethyl adjacent to an activating group) is 1. The average molecular weight is 646 g/mol. The number of hydrogen-bond acceptors (Lipinski definition) is 6. The van der Waals surface area contributed by atoms with E-state index in [1.165, 1.54) is 13.2 Å². The molecule has 1 amide bonds. The van der Waals surface area contributed by atoms with Crippen LogP contribution in [-0.2, 0) is 4.79 Å². The van der Waals surface area contributed by atoms with E-state index in [-0.39, 0.29) is 45.7 Å². The number of carbonyl (C=O) groups is 2. The summed E-state index contributed by atoms with van der Waals surface area (Å²) in [4.78, 5) is 25.2. The van der Waals surface area contributed by atoms with Gasteiger partial charge < -0.3 is 46.1 Å². The molecule has 2 aromatic carbocycles. The Morgan fingerprint density at radius 3 is 2.50 bits per heavy atom. The van der Waals surface area contributed by atoms with E-state index in [1.807, 2.05) is 44.2 Å². The van der Waals surface area contributed by atoms with E-state index in [4.69, 9.17) is 14.2 Å². The molecular formula is C33H45BrN2O6. The molecule has 42 heavy (non-hydrogen) atoms. The zero-order valence-electron chi connectivity index (χ0n) is 25.7. The van der Waals surface area contributed by atoms with Crippen molar-refractivity contribution in [3.8, 4) is 23.0 Å². The molecule has 0 saturated carbocycles. The molecule has 0 saturated heterocycles. The number of rotatable bonds is 15. The third-order valence-corrected chi connectivity index (χ3v) is 6.91. The molecule has 0 aromatic heterocycles. The molecule has 1 aliphatic rings. The van der Waals surface area contributed by atoms with Crippen LogP contribution in [0, 0.1) is 0 Å². The van der Waals surface area contributed by atoms with Crippen LogP contribution in [0.4, 0.5) is 0 Å². The Morgan fingerprint density at radius 1 is 1.12 bits per heavy atom. The summed E-state index contributed by atoms with van der Waals surface area (Å²) in [5.74, 6) is 1.04. The standard InChI is InChI=1S/C33H44N2O6.BrH/c1-7-8-19-34-30(37)23-35(4,5)20-9-10-21-40-25-14-11-24(12-15-25)13-16-27(36)31-29(39-6)22-28-26(32(31)38)17-18-33(2,3)41-28;/h11-18,22H,7-10,19-21,23H2,1-6H3,(H-,34,36,37,38);1H/b16-13+;. The van der Waals surface area contributed by atoms with Crippen molar-refractivity contribution in [1.82, 2.24) is 5.32 Å². The largest absolute Gasteiger partial charge is 1.00 e. The van der Waals surface area contributed by atoms with Crippen LogP contribution in [0.15, 0.2) is 42.5 Å². The second-order valence-electron chi connectivity index (χ2n) is 11.6. The molecule has 0 aliphatic carbocycles. The summed E-state index contributed by atoms with van der Waals surface area (Å²) in [5.41, 5.74) is 0.853. The van der Waals surface area contributed by atoms with Crippen molar-refractivity contribution in [3.05, 3.63) is 59.2 Å². The third-order valence-electron chi connectivity index (χ3n) is 6.91. The fraction of sp³-hybridized carbons (Fsp3) is 0.455. The fourth-order valence-electron chi connectivity index (χ4n) is 4.57. The highest BCUT2D eigenvalue weighted by atomic mass is 79.9. The molecule has 8 nitrogen and oxygen atoms in total. The zero-order chi connectivity index (χ0) is 30.0. The number of hydrogen-bond donors (Lipinski definition) is 2. The number of ketones is 1. The fourth-order valence-corrected chi connectivity index (χ4v) is 4.57. The van der Waals surface area contributed by atoms with Crippen LogP contribution in [0.5, 0.6) is 23.0 Å². The van der Waals surface area contributed by atoms with Gasteiger partial charge in [0.25, 0.3) is 5.91 Å². The highest BCUT2D eigenvalue weighted by molar-refractivity contribution is 6.11. The van der Waals surface area contributed by atoms with E-state index in [0.717, 1.165) is 50.1 Å². The topological polar surface area (TPSA) is 94.1 Å². The van der Waals surface area contributed by atoms with E-state index >= 15 is 0 Å². The summed E-state index contributed by atoms with van der Waals surface area (Å²) in [5, 5.41) is 13.8. The van der Waals surface area contributed by atoms with Gasteiger partial charge in [-0.1, -0.05) is 31.6 Å². The maximum Gasteiger partial charge on any atom is 0.275 e. The van der Waals surface area contributed by atoms with Crippen molar-refractivity contribution in [2.75, 3.05) is 47.4 Å². The molecule has 1 aliphatic heterocycles. The number of allylic oxidation sites excluding steroid dienone is 1. The van der Waals surface area contributed by atoms with Crippen molar-refractivity contribution in [2.24, 2.45) is 0 Å². The van der Waals surface area contributed by atoms with Crippen LogP contribution in [0.2, 0.25) is 0 Å². The van der Waals surface area contributed by atoms with Crippen LogP contribution >= 0.6 is 0 Å². The lowest BCUT2D eigenvalue weighted by Gasteiger charge is -2.29. The smallest absolute Gasteiger partial charge is 0.275 e. The first-order valence-electron chi connectivity index (χ1n) is 14.3. The highest BCUT2D eigenvalue weighted by Crippen LogP contribution is 2.43. The average Bonchev–Trinajstić information content (AvgIpc) is 2.91. The lowest BCUT2D eigenvalue weighted by Crippen LogP contribution is -3.00. The van der Waals surface area contributed by atoms with Gasteiger partial charge in [0.1, 0.15) is 34.2 Å². The Hall–Kier alpha value is -3.30. The molecule has 0 radical (unpaired) electrons. The Labute approximate surface area is 260 Å². The van der Waals surface area contributed by atoms with Gasteiger partial charge in [0.15, 0.2) is 12.3 Å². The molecule has 1 heterocycles. The molecule has 2 aromatic rings. The molecule has 230 valence electrons. The predicted octanol–water partition coefficient (Wildman–Crippen LogP) is 2.64. The number of nitrogens with one attached hydrogen (secondary N) is 1. The lowest BCUT2D eigenvalue weighted by atomic mass is 9.97. The summed E-state index contributed by atoms with van der Waals surface area (Å²) >= 11 is 0. The molecule has 0 atom stereocenters. The first kappa shape index (κ1) is 34.9. The van der Waals surface area contributed by atoms with Crippen LogP contribution in [0.1, 0.15) is 67.9 Å². The number of ether oxygens (including phenoxy) is 3. The maximum atomic E-state index is 13.1. The predicted molar refractivity (Wildman–Crippen MR) is 163 cm³/mol. The number of nitrogens with zero attached hydrogens (tertiary/aromatic N) is 1. The Bertz CT molecular complexity index is 1270. The number of amides is 1. The molecule has 2 N–H and O–H groups in total. The van der Waals surface area contributed by atoms with Gasteiger partial charge in [-0.15, -0.1) is 0 Å². The van der Waals surface area contributed by atoms with Crippen LogP contribution < -0.4 is 36.5 Å². The number of carbonyl (C=O) groups excluding carboxylic acids is 2. The first-order chi connectivity index (χ1) is 19.4. The summed E-state index contributed by atoms with van der Waals surface area (Å²) < 4.78 is 17.9. The second kappa shape index (κ2) is 15.8. The first-order valence-corrected chi connectivity index (χ1v) is 14.3. The number of quaternary nitrogens is 1. The van der Waals surface area contributed by atoms with Gasteiger partial charge in [-0.05, 0) is 69.0 Å². The normalized spacial score (nSPS) is 13.6. The zero-order valence-corrected chi connectivity index (χ0v) is 27.3. The Kier molecular flexibility index (Phi) is 13.1. The number of fused-ring (bicyclic) bond motifs is 1. The molecule has 0 fully saturated rings. The summed E-state index contributed by atoms with van der Waals surface area (Å²) in [7, 11) is 5.61.